The van der Waals surface area contributed by atoms with Crippen LogP contribution in [0.3, 0.4) is 0 Å². The molecule has 0 aliphatic carbocycles. The van der Waals surface area contributed by atoms with Crippen LogP contribution in [0.5, 0.6) is 0 Å². The normalized spacial score (nSPS) is 12.2. The maximum absolute atomic E-state index is 5.86. The van der Waals surface area contributed by atoms with Crippen molar-refractivity contribution in [1.29, 1.82) is 0 Å². The summed E-state index contributed by atoms with van der Waals surface area (Å²) in [5, 5.41) is 0.787. The molecule has 0 amide bonds. The summed E-state index contributed by atoms with van der Waals surface area (Å²) in [6.07, 6.45) is 0. The molecule has 0 fully saturated rings. The average molecular weight is 286 g/mol. The van der Waals surface area contributed by atoms with E-state index in [1.54, 1.807) is 0 Å². The predicted octanol–water partition coefficient (Wildman–Crippen LogP) is 4.74. The fourth-order valence-electron chi connectivity index (χ4n) is 2.21. The summed E-state index contributed by atoms with van der Waals surface area (Å²) in [5.74, 6) is 0.658. The van der Waals surface area contributed by atoms with Crippen LogP contribution in [0.2, 0.25) is 0 Å². The molecule has 104 valence electrons. The van der Waals surface area contributed by atoms with Gasteiger partial charge in [0, 0.05) is 0 Å². The second-order valence-corrected chi connectivity index (χ2v) is 7.20. The number of anilines is 1. The molecule has 20 heavy (non-hydrogen) atoms. The van der Waals surface area contributed by atoms with Gasteiger partial charge in [-0.2, -0.15) is 0 Å². The molecule has 0 unspecified atom stereocenters. The first-order chi connectivity index (χ1) is 9.34. The second kappa shape index (κ2) is 4.35. The first-order valence-corrected chi connectivity index (χ1v) is 7.43. The number of rotatable bonds is 1. The van der Waals surface area contributed by atoms with E-state index in [9.17, 15) is 0 Å². The van der Waals surface area contributed by atoms with E-state index >= 15 is 0 Å². The van der Waals surface area contributed by atoms with Gasteiger partial charge in [0.2, 0.25) is 5.89 Å². The number of aromatic nitrogens is 1. The number of thiophene rings is 1. The van der Waals surface area contributed by atoms with Gasteiger partial charge in [-0.15, -0.1) is 11.3 Å². The number of oxazole rings is 1. The fraction of sp³-hybridized carbons (Fsp3) is 0.312. The molecule has 3 aromatic rings. The zero-order valence-corrected chi connectivity index (χ0v) is 13.0. The topological polar surface area (TPSA) is 52.0 Å². The summed E-state index contributed by atoms with van der Waals surface area (Å²) in [7, 11) is 0. The SMILES string of the molecule is Cc1cc(N)sc1-c1nc2cc(C(C)(C)C)ccc2o1. The van der Waals surface area contributed by atoms with Crippen molar-refractivity contribution in [2.24, 2.45) is 0 Å². The smallest absolute Gasteiger partial charge is 0.237 e. The van der Waals surface area contributed by atoms with Crippen LogP contribution in [-0.4, -0.2) is 4.98 Å². The standard InChI is InChI=1S/C16H18N2OS/c1-9-7-13(17)20-14(9)15-18-11-8-10(16(2,3)4)5-6-12(11)19-15/h5-8H,17H2,1-4H3. The van der Waals surface area contributed by atoms with E-state index in [-0.39, 0.29) is 5.41 Å². The van der Waals surface area contributed by atoms with Gasteiger partial charge < -0.3 is 10.2 Å². The van der Waals surface area contributed by atoms with Crippen molar-refractivity contribution in [2.45, 2.75) is 33.1 Å². The third kappa shape index (κ3) is 2.20. The summed E-state index contributed by atoms with van der Waals surface area (Å²) in [6.45, 7) is 8.61. The third-order valence-electron chi connectivity index (χ3n) is 3.38. The predicted molar refractivity (Wildman–Crippen MR) is 85.2 cm³/mol. The molecule has 4 heteroatoms. The highest BCUT2D eigenvalue weighted by atomic mass is 32.1. The molecular weight excluding hydrogens is 268 g/mol. The van der Waals surface area contributed by atoms with Gasteiger partial charge in [-0.3, -0.25) is 0 Å². The Morgan fingerprint density at radius 3 is 2.55 bits per heavy atom. The van der Waals surface area contributed by atoms with Gasteiger partial charge in [-0.25, -0.2) is 4.98 Å². The molecule has 0 spiro atoms. The molecule has 0 aliphatic rings. The minimum absolute atomic E-state index is 0.108. The van der Waals surface area contributed by atoms with E-state index in [2.05, 4.69) is 37.9 Å². The summed E-state index contributed by atoms with van der Waals surface area (Å²) >= 11 is 1.51. The minimum atomic E-state index is 0.108. The van der Waals surface area contributed by atoms with Gasteiger partial charge in [0.25, 0.3) is 0 Å². The molecule has 1 aromatic carbocycles. The van der Waals surface area contributed by atoms with Crippen LogP contribution in [0.25, 0.3) is 21.9 Å². The van der Waals surface area contributed by atoms with Crippen molar-refractivity contribution in [3.05, 3.63) is 35.4 Å². The first kappa shape index (κ1) is 13.2. The molecule has 0 saturated heterocycles. The molecule has 2 N–H and O–H groups in total. The number of fused-ring (bicyclic) bond motifs is 1. The van der Waals surface area contributed by atoms with E-state index < -0.39 is 0 Å². The molecule has 0 radical (unpaired) electrons. The Labute approximate surface area is 122 Å². The zero-order valence-electron chi connectivity index (χ0n) is 12.2. The van der Waals surface area contributed by atoms with Gasteiger partial charge in [0.05, 0.1) is 9.88 Å². The van der Waals surface area contributed by atoms with Crippen molar-refractivity contribution in [1.82, 2.24) is 4.98 Å². The summed E-state index contributed by atoms with van der Waals surface area (Å²) in [5.41, 5.74) is 10.0. The van der Waals surface area contributed by atoms with Crippen molar-refractivity contribution >= 4 is 27.4 Å². The van der Waals surface area contributed by atoms with Crippen molar-refractivity contribution in [3.8, 4) is 10.8 Å². The monoisotopic (exact) mass is 286 g/mol. The van der Waals surface area contributed by atoms with Gasteiger partial charge in [-0.1, -0.05) is 26.8 Å². The molecule has 3 rings (SSSR count). The van der Waals surface area contributed by atoms with Crippen LogP contribution in [0.1, 0.15) is 31.9 Å². The van der Waals surface area contributed by atoms with Gasteiger partial charge in [0.15, 0.2) is 5.58 Å². The number of nitrogens with zero attached hydrogens (tertiary/aromatic N) is 1. The highest BCUT2D eigenvalue weighted by Crippen LogP contribution is 2.35. The molecule has 0 aliphatic heterocycles. The molecule has 2 aromatic heterocycles. The molecule has 2 heterocycles. The maximum atomic E-state index is 5.86. The molecule has 0 atom stereocenters. The van der Waals surface area contributed by atoms with E-state index in [4.69, 9.17) is 10.2 Å². The van der Waals surface area contributed by atoms with Crippen LogP contribution in [0, 0.1) is 6.92 Å². The lowest BCUT2D eigenvalue weighted by Crippen LogP contribution is -2.10. The Balaban J connectivity index is 2.14. The molecule has 0 bridgehead atoms. The lowest BCUT2D eigenvalue weighted by atomic mass is 9.87. The first-order valence-electron chi connectivity index (χ1n) is 6.62. The number of nitrogen functional groups attached to an aromatic ring is 1. The Morgan fingerprint density at radius 2 is 1.95 bits per heavy atom. The molecule has 0 saturated carbocycles. The maximum Gasteiger partial charge on any atom is 0.237 e. The Kier molecular flexibility index (Phi) is 2.87. The van der Waals surface area contributed by atoms with E-state index in [0.29, 0.717) is 5.89 Å². The number of nitrogens with two attached hydrogens (primary N) is 1. The number of hydrogen-bond acceptors (Lipinski definition) is 4. The average Bonchev–Trinajstić information content (AvgIpc) is 2.89. The zero-order chi connectivity index (χ0) is 14.5. The number of hydrogen-bond donors (Lipinski definition) is 1. The van der Waals surface area contributed by atoms with Crippen LogP contribution < -0.4 is 5.73 Å². The summed E-state index contributed by atoms with van der Waals surface area (Å²) in [4.78, 5) is 5.63. The highest BCUT2D eigenvalue weighted by Gasteiger charge is 2.17. The van der Waals surface area contributed by atoms with Crippen LogP contribution in [0.15, 0.2) is 28.7 Å². The van der Waals surface area contributed by atoms with Gasteiger partial charge in [0.1, 0.15) is 5.52 Å². The van der Waals surface area contributed by atoms with Gasteiger partial charge in [-0.05, 0) is 41.7 Å². The quantitative estimate of drug-likeness (QED) is 0.702. The van der Waals surface area contributed by atoms with Crippen LogP contribution in [0.4, 0.5) is 5.00 Å². The fourth-order valence-corrected chi connectivity index (χ4v) is 3.08. The Bertz CT molecular complexity index is 777. The third-order valence-corrected chi connectivity index (χ3v) is 4.44. The van der Waals surface area contributed by atoms with E-state index in [0.717, 1.165) is 26.5 Å². The summed E-state index contributed by atoms with van der Waals surface area (Å²) < 4.78 is 5.86. The van der Waals surface area contributed by atoms with Crippen molar-refractivity contribution < 1.29 is 4.42 Å². The van der Waals surface area contributed by atoms with E-state index in [1.807, 2.05) is 19.1 Å². The molecule has 3 nitrogen and oxygen atoms in total. The second-order valence-electron chi connectivity index (χ2n) is 6.11. The highest BCUT2D eigenvalue weighted by molar-refractivity contribution is 7.19. The Hall–Kier alpha value is -1.81. The van der Waals surface area contributed by atoms with E-state index in [1.165, 1.54) is 16.9 Å². The van der Waals surface area contributed by atoms with Crippen LogP contribution in [-0.2, 0) is 5.41 Å². The lowest BCUT2D eigenvalue weighted by molar-refractivity contribution is 0.590. The minimum Gasteiger partial charge on any atom is -0.435 e. The van der Waals surface area contributed by atoms with Crippen molar-refractivity contribution in [3.63, 3.8) is 0 Å². The van der Waals surface area contributed by atoms with Crippen LogP contribution >= 0.6 is 11.3 Å². The van der Waals surface area contributed by atoms with Gasteiger partial charge >= 0.3 is 0 Å². The van der Waals surface area contributed by atoms with Crippen molar-refractivity contribution in [2.75, 3.05) is 5.73 Å². The molecular formula is C16H18N2OS. The summed E-state index contributed by atoms with van der Waals surface area (Å²) in [6, 6.07) is 8.16. The lowest BCUT2D eigenvalue weighted by Gasteiger charge is -2.18. The number of aryl methyl sites for hydroxylation is 1. The largest absolute Gasteiger partial charge is 0.435 e. The number of benzene rings is 1. The Morgan fingerprint density at radius 1 is 1.20 bits per heavy atom.